The molecule has 1 aromatic carbocycles. The van der Waals surface area contributed by atoms with Gasteiger partial charge in [0.05, 0.1) is 6.61 Å². The Labute approximate surface area is 137 Å². The van der Waals surface area contributed by atoms with E-state index in [0.29, 0.717) is 11.3 Å². The quantitative estimate of drug-likeness (QED) is 0.665. The van der Waals surface area contributed by atoms with Crippen LogP contribution < -0.4 is 5.32 Å². The number of benzene rings is 1. The second-order valence-corrected chi connectivity index (χ2v) is 5.38. The molecular formula is C14H10F4N2O3S. The van der Waals surface area contributed by atoms with E-state index in [4.69, 9.17) is 0 Å². The maximum absolute atomic E-state index is 12.9. The lowest BCUT2D eigenvalue weighted by Gasteiger charge is -2.05. The second kappa shape index (κ2) is 6.95. The first-order chi connectivity index (χ1) is 11.2. The number of halogens is 4. The molecule has 0 saturated carbocycles. The molecule has 1 amide bonds. The second-order valence-electron chi connectivity index (χ2n) is 4.38. The number of carbonyl (C=O) groups is 2. The zero-order chi connectivity index (χ0) is 17.9. The summed E-state index contributed by atoms with van der Waals surface area (Å²) in [6, 6.07) is 4.38. The zero-order valence-electron chi connectivity index (χ0n) is 12.1. The molecule has 1 heterocycles. The molecule has 0 spiro atoms. The van der Waals surface area contributed by atoms with Gasteiger partial charge in [-0.2, -0.15) is 13.2 Å². The van der Waals surface area contributed by atoms with Crippen LogP contribution in [-0.4, -0.2) is 23.5 Å². The monoisotopic (exact) mass is 362 g/mol. The molecule has 128 valence electrons. The van der Waals surface area contributed by atoms with Gasteiger partial charge >= 0.3 is 12.1 Å². The third-order valence-electron chi connectivity index (χ3n) is 2.68. The Morgan fingerprint density at radius 3 is 2.42 bits per heavy atom. The molecular weight excluding hydrogens is 352 g/mol. The summed E-state index contributed by atoms with van der Waals surface area (Å²) in [5, 5.41) is 1.73. The normalized spacial score (nSPS) is 11.2. The van der Waals surface area contributed by atoms with E-state index in [1.807, 2.05) is 0 Å². The van der Waals surface area contributed by atoms with Gasteiger partial charge < -0.3 is 4.74 Å². The van der Waals surface area contributed by atoms with E-state index in [2.05, 4.69) is 15.0 Å². The maximum Gasteiger partial charge on any atom is 0.435 e. The van der Waals surface area contributed by atoms with Crippen LogP contribution in [0.4, 0.5) is 22.7 Å². The van der Waals surface area contributed by atoms with Gasteiger partial charge in [0, 0.05) is 5.56 Å². The fourth-order valence-electron chi connectivity index (χ4n) is 1.67. The number of nitrogens with one attached hydrogen (secondary N) is 1. The molecule has 0 aliphatic carbocycles. The molecule has 0 unspecified atom stereocenters. The van der Waals surface area contributed by atoms with Crippen molar-refractivity contribution in [2.45, 2.75) is 13.1 Å². The molecule has 0 bridgehead atoms. The summed E-state index contributed by atoms with van der Waals surface area (Å²) in [6.45, 7) is 1.34. The van der Waals surface area contributed by atoms with Crippen LogP contribution >= 0.6 is 11.3 Å². The number of hydrogen-bond acceptors (Lipinski definition) is 5. The van der Waals surface area contributed by atoms with Crippen molar-refractivity contribution in [3.8, 4) is 0 Å². The SMILES string of the molecule is CCOC(=O)c1sc(NC(=O)c2ccc(F)cc2)nc1C(F)(F)F. The van der Waals surface area contributed by atoms with Crippen molar-refractivity contribution in [3.63, 3.8) is 0 Å². The van der Waals surface area contributed by atoms with Crippen LogP contribution in [0.2, 0.25) is 0 Å². The van der Waals surface area contributed by atoms with Gasteiger partial charge in [-0.25, -0.2) is 14.2 Å². The van der Waals surface area contributed by atoms with E-state index in [1.165, 1.54) is 6.92 Å². The van der Waals surface area contributed by atoms with E-state index in [1.54, 1.807) is 0 Å². The minimum atomic E-state index is -4.88. The van der Waals surface area contributed by atoms with Gasteiger partial charge in [0.15, 0.2) is 10.8 Å². The van der Waals surface area contributed by atoms with E-state index >= 15 is 0 Å². The standard InChI is InChI=1S/C14H10F4N2O3S/c1-2-23-12(22)9-10(14(16,17)18)19-13(24-9)20-11(21)7-3-5-8(15)6-4-7/h3-6H,2H2,1H3,(H,19,20,21). The van der Waals surface area contributed by atoms with E-state index in [9.17, 15) is 27.2 Å². The summed E-state index contributed by atoms with van der Waals surface area (Å²) in [6.07, 6.45) is -4.88. The first kappa shape index (κ1) is 17.9. The molecule has 0 saturated heterocycles. The molecule has 2 rings (SSSR count). The van der Waals surface area contributed by atoms with E-state index in [0.717, 1.165) is 24.3 Å². The first-order valence-electron chi connectivity index (χ1n) is 6.54. The number of ether oxygens (including phenoxy) is 1. The lowest BCUT2D eigenvalue weighted by Crippen LogP contribution is -2.14. The van der Waals surface area contributed by atoms with Crippen LogP contribution in [-0.2, 0) is 10.9 Å². The van der Waals surface area contributed by atoms with Crippen LogP contribution in [0.3, 0.4) is 0 Å². The van der Waals surface area contributed by atoms with Crippen LogP contribution in [0.15, 0.2) is 24.3 Å². The average Bonchev–Trinajstić information content (AvgIpc) is 2.92. The highest BCUT2D eigenvalue weighted by Crippen LogP contribution is 2.36. The van der Waals surface area contributed by atoms with Crippen molar-refractivity contribution < 1.29 is 31.9 Å². The van der Waals surface area contributed by atoms with Gasteiger partial charge in [-0.3, -0.25) is 10.1 Å². The molecule has 1 N–H and O–H groups in total. The average molecular weight is 362 g/mol. The van der Waals surface area contributed by atoms with Crippen LogP contribution in [0.1, 0.15) is 32.6 Å². The molecule has 5 nitrogen and oxygen atoms in total. The Kier molecular flexibility index (Phi) is 5.17. The largest absolute Gasteiger partial charge is 0.462 e. The van der Waals surface area contributed by atoms with Gasteiger partial charge in [-0.1, -0.05) is 11.3 Å². The van der Waals surface area contributed by atoms with Gasteiger partial charge in [-0.05, 0) is 31.2 Å². The lowest BCUT2D eigenvalue weighted by atomic mass is 10.2. The molecule has 0 aliphatic heterocycles. The Bertz CT molecular complexity index is 756. The lowest BCUT2D eigenvalue weighted by molar-refractivity contribution is -0.141. The number of nitrogens with zero attached hydrogens (tertiary/aromatic N) is 1. The van der Waals surface area contributed by atoms with Crippen molar-refractivity contribution in [1.29, 1.82) is 0 Å². The van der Waals surface area contributed by atoms with Crippen LogP contribution in [0, 0.1) is 5.82 Å². The minimum Gasteiger partial charge on any atom is -0.462 e. The number of hydrogen-bond donors (Lipinski definition) is 1. The van der Waals surface area contributed by atoms with E-state index in [-0.39, 0.29) is 12.2 Å². The number of alkyl halides is 3. The summed E-state index contributed by atoms with van der Waals surface area (Å²) in [4.78, 5) is 26.0. The van der Waals surface area contributed by atoms with Crippen molar-refractivity contribution in [2.24, 2.45) is 0 Å². The number of rotatable bonds is 4. The van der Waals surface area contributed by atoms with Crippen molar-refractivity contribution in [2.75, 3.05) is 11.9 Å². The van der Waals surface area contributed by atoms with Gasteiger partial charge in [0.2, 0.25) is 0 Å². The Morgan fingerprint density at radius 1 is 1.25 bits per heavy atom. The smallest absolute Gasteiger partial charge is 0.435 e. The molecule has 0 aliphatic rings. The Balaban J connectivity index is 2.29. The first-order valence-corrected chi connectivity index (χ1v) is 7.36. The summed E-state index contributed by atoms with van der Waals surface area (Å²) >= 11 is 0.349. The fourth-order valence-corrected chi connectivity index (χ4v) is 2.55. The summed E-state index contributed by atoms with van der Waals surface area (Å²) < 4.78 is 56.2. The summed E-state index contributed by atoms with van der Waals surface area (Å²) in [5.41, 5.74) is -1.40. The fraction of sp³-hybridized carbons (Fsp3) is 0.214. The predicted octanol–water partition coefficient (Wildman–Crippen LogP) is 3.73. The third-order valence-corrected chi connectivity index (χ3v) is 3.63. The number of esters is 1. The third kappa shape index (κ3) is 4.07. The maximum atomic E-state index is 12.9. The minimum absolute atomic E-state index is 0.0258. The highest BCUT2D eigenvalue weighted by Gasteiger charge is 2.40. The molecule has 24 heavy (non-hydrogen) atoms. The summed E-state index contributed by atoms with van der Waals surface area (Å²) in [5.74, 6) is -2.53. The van der Waals surface area contributed by atoms with Gasteiger partial charge in [0.25, 0.3) is 5.91 Å². The van der Waals surface area contributed by atoms with Crippen molar-refractivity contribution >= 4 is 28.3 Å². The predicted molar refractivity (Wildman–Crippen MR) is 77.4 cm³/mol. The van der Waals surface area contributed by atoms with Crippen molar-refractivity contribution in [1.82, 2.24) is 4.98 Å². The zero-order valence-corrected chi connectivity index (χ0v) is 12.9. The van der Waals surface area contributed by atoms with Crippen LogP contribution in [0.25, 0.3) is 0 Å². The van der Waals surface area contributed by atoms with Gasteiger partial charge in [-0.15, -0.1) is 0 Å². The number of thiazole rings is 1. The van der Waals surface area contributed by atoms with Crippen LogP contribution in [0.5, 0.6) is 0 Å². The molecule has 2 aromatic rings. The summed E-state index contributed by atoms with van der Waals surface area (Å²) in [7, 11) is 0. The molecule has 1 aromatic heterocycles. The molecule has 0 radical (unpaired) electrons. The number of carbonyl (C=O) groups excluding carboxylic acids is 2. The molecule has 0 fully saturated rings. The van der Waals surface area contributed by atoms with Gasteiger partial charge in [0.1, 0.15) is 10.7 Å². The van der Waals surface area contributed by atoms with Crippen molar-refractivity contribution in [3.05, 3.63) is 46.2 Å². The Hall–Kier alpha value is -2.49. The number of anilines is 1. The highest BCUT2D eigenvalue weighted by molar-refractivity contribution is 7.17. The topological polar surface area (TPSA) is 68.3 Å². The Morgan fingerprint density at radius 2 is 1.88 bits per heavy atom. The molecule has 0 atom stereocenters. The number of aromatic nitrogens is 1. The molecule has 10 heteroatoms. The number of amides is 1. The van der Waals surface area contributed by atoms with E-state index < -0.39 is 39.6 Å². The highest BCUT2D eigenvalue weighted by atomic mass is 32.1.